The maximum absolute atomic E-state index is 11.9. The maximum atomic E-state index is 11.9. The van der Waals surface area contributed by atoms with Gasteiger partial charge < -0.3 is 11.1 Å². The lowest BCUT2D eigenvalue weighted by molar-refractivity contribution is 0.1000. The summed E-state index contributed by atoms with van der Waals surface area (Å²) in [7, 11) is -3.20. The smallest absolute Gasteiger partial charge is 0.248 e. The van der Waals surface area contributed by atoms with E-state index in [1.165, 1.54) is 16.1 Å². The molecule has 0 spiro atoms. The van der Waals surface area contributed by atoms with Gasteiger partial charge >= 0.3 is 0 Å². The molecule has 3 aromatic rings. The predicted molar refractivity (Wildman–Crippen MR) is 128 cm³/mol. The predicted octanol–water partition coefficient (Wildman–Crippen LogP) is 3.75. The monoisotopic (exact) mass is 449 g/mol. The summed E-state index contributed by atoms with van der Waals surface area (Å²) < 4.78 is 25.4. The molecule has 6 nitrogen and oxygen atoms in total. The van der Waals surface area contributed by atoms with Gasteiger partial charge in [0.15, 0.2) is 0 Å². The fraction of sp³-hybridized carbons (Fsp3) is 0.240. The number of rotatable bonds is 6. The number of amides is 1. The highest BCUT2D eigenvalue weighted by Crippen LogP contribution is 2.30. The van der Waals surface area contributed by atoms with Gasteiger partial charge in [-0.2, -0.15) is 4.31 Å². The van der Waals surface area contributed by atoms with Gasteiger partial charge in [-0.15, -0.1) is 0 Å². The number of nitrogens with zero attached hydrogens (tertiary/aromatic N) is 1. The molecule has 1 amide bonds. The first kappa shape index (κ1) is 22.0. The van der Waals surface area contributed by atoms with E-state index in [4.69, 9.17) is 5.73 Å². The van der Waals surface area contributed by atoms with Crippen LogP contribution in [0.1, 0.15) is 38.2 Å². The number of sulfonamides is 1. The summed E-state index contributed by atoms with van der Waals surface area (Å²) in [5.74, 6) is -0.428. The van der Waals surface area contributed by atoms with Crippen molar-refractivity contribution < 1.29 is 13.2 Å². The molecule has 3 aromatic carbocycles. The summed E-state index contributed by atoms with van der Waals surface area (Å²) in [5.41, 5.74) is 13.4. The van der Waals surface area contributed by atoms with Crippen LogP contribution < -0.4 is 11.1 Å². The number of hydrogen-bond acceptors (Lipinski definition) is 4. The van der Waals surface area contributed by atoms with Crippen LogP contribution in [0.3, 0.4) is 0 Å². The van der Waals surface area contributed by atoms with Crippen molar-refractivity contribution in [3.8, 4) is 0 Å². The van der Waals surface area contributed by atoms with Crippen LogP contribution in [0.25, 0.3) is 0 Å². The molecule has 166 valence electrons. The van der Waals surface area contributed by atoms with Crippen LogP contribution >= 0.6 is 0 Å². The molecule has 32 heavy (non-hydrogen) atoms. The van der Waals surface area contributed by atoms with Crippen molar-refractivity contribution in [2.45, 2.75) is 26.3 Å². The molecule has 1 aliphatic heterocycles. The van der Waals surface area contributed by atoms with Gasteiger partial charge in [0.2, 0.25) is 15.9 Å². The molecule has 4 rings (SSSR count). The largest absolute Gasteiger partial charge is 0.366 e. The van der Waals surface area contributed by atoms with E-state index in [1.807, 2.05) is 42.5 Å². The molecule has 7 heteroatoms. The summed E-state index contributed by atoms with van der Waals surface area (Å²) >= 11 is 0. The number of carbonyl (C=O) groups excluding carboxylic acids is 1. The van der Waals surface area contributed by atoms with E-state index in [9.17, 15) is 13.2 Å². The van der Waals surface area contributed by atoms with Crippen molar-refractivity contribution in [1.82, 2.24) is 4.31 Å². The van der Waals surface area contributed by atoms with E-state index in [1.54, 1.807) is 6.07 Å². The minimum Gasteiger partial charge on any atom is -0.366 e. The Kier molecular flexibility index (Phi) is 6.04. The molecule has 1 aliphatic rings. The van der Waals surface area contributed by atoms with E-state index in [-0.39, 0.29) is 0 Å². The van der Waals surface area contributed by atoms with Crippen molar-refractivity contribution in [2.24, 2.45) is 5.73 Å². The van der Waals surface area contributed by atoms with Gasteiger partial charge in [-0.3, -0.25) is 4.79 Å². The summed E-state index contributed by atoms with van der Waals surface area (Å²) in [6.07, 6.45) is 2.62. The minimum atomic E-state index is -3.20. The number of fused-ring (bicyclic) bond motifs is 1. The number of nitrogens with two attached hydrogens (primary N) is 1. The first-order valence-corrected chi connectivity index (χ1v) is 12.4. The number of nitrogens with one attached hydrogen (secondary N) is 1. The molecule has 0 bridgehead atoms. The Bertz CT molecular complexity index is 1290. The Labute approximate surface area is 189 Å². The molecule has 3 N–H and O–H groups in total. The van der Waals surface area contributed by atoms with Crippen LogP contribution in [0.2, 0.25) is 0 Å². The lowest BCUT2D eigenvalue weighted by Crippen LogP contribution is -2.35. The highest BCUT2D eigenvalue weighted by molar-refractivity contribution is 7.88. The molecule has 0 aromatic heterocycles. The van der Waals surface area contributed by atoms with E-state index in [0.717, 1.165) is 33.6 Å². The van der Waals surface area contributed by atoms with Crippen molar-refractivity contribution in [3.05, 3.63) is 94.0 Å². The van der Waals surface area contributed by atoms with E-state index in [2.05, 4.69) is 24.4 Å². The molecule has 0 radical (unpaired) electrons. The molecular weight excluding hydrogens is 422 g/mol. The van der Waals surface area contributed by atoms with Crippen LogP contribution in [-0.2, 0) is 29.4 Å². The topological polar surface area (TPSA) is 92.5 Å². The maximum Gasteiger partial charge on any atom is 0.248 e. The zero-order valence-electron chi connectivity index (χ0n) is 18.3. The molecule has 0 saturated heterocycles. The van der Waals surface area contributed by atoms with E-state index < -0.39 is 15.9 Å². The lowest BCUT2D eigenvalue weighted by atomic mass is 9.97. The fourth-order valence-corrected chi connectivity index (χ4v) is 4.93. The molecule has 0 fully saturated rings. The van der Waals surface area contributed by atoms with Gasteiger partial charge in [-0.25, -0.2) is 8.42 Å². The van der Waals surface area contributed by atoms with Crippen LogP contribution in [-0.4, -0.2) is 31.4 Å². The van der Waals surface area contributed by atoms with Crippen molar-refractivity contribution >= 4 is 27.3 Å². The molecule has 0 saturated carbocycles. The highest BCUT2D eigenvalue weighted by atomic mass is 32.2. The number of aryl methyl sites for hydroxylation is 1. The quantitative estimate of drug-likeness (QED) is 0.600. The molecule has 0 unspecified atom stereocenters. The van der Waals surface area contributed by atoms with Crippen molar-refractivity contribution in [3.63, 3.8) is 0 Å². The van der Waals surface area contributed by atoms with Gasteiger partial charge in [0.1, 0.15) is 0 Å². The number of hydrogen-bond donors (Lipinski definition) is 2. The van der Waals surface area contributed by atoms with E-state index >= 15 is 0 Å². The summed E-state index contributed by atoms with van der Waals surface area (Å²) in [4.78, 5) is 11.5. The van der Waals surface area contributed by atoms with Crippen LogP contribution in [0.15, 0.2) is 60.7 Å². The van der Waals surface area contributed by atoms with Gasteiger partial charge in [-0.05, 0) is 77.9 Å². The average molecular weight is 450 g/mol. The normalized spacial score (nSPS) is 14.1. The average Bonchev–Trinajstić information content (AvgIpc) is 2.75. The van der Waals surface area contributed by atoms with E-state index in [0.29, 0.717) is 31.5 Å². The Morgan fingerprint density at radius 3 is 2.62 bits per heavy atom. The Balaban J connectivity index is 1.58. The second kappa shape index (κ2) is 8.76. The Hall–Kier alpha value is -3.16. The SMILES string of the molecule is Cc1ccc(Nc2cccc3c2CCN(S(C)(=O)=O)C3)cc1Cc1cccc(C(N)=O)c1. The van der Waals surface area contributed by atoms with Crippen LogP contribution in [0.5, 0.6) is 0 Å². The zero-order chi connectivity index (χ0) is 22.9. The first-order valence-electron chi connectivity index (χ1n) is 10.5. The van der Waals surface area contributed by atoms with Gasteiger partial charge in [-0.1, -0.05) is 30.3 Å². The van der Waals surface area contributed by atoms with Crippen molar-refractivity contribution in [2.75, 3.05) is 18.1 Å². The second-order valence-electron chi connectivity index (χ2n) is 8.30. The zero-order valence-corrected chi connectivity index (χ0v) is 19.1. The Morgan fingerprint density at radius 2 is 1.88 bits per heavy atom. The second-order valence-corrected chi connectivity index (χ2v) is 10.3. The number of anilines is 2. The summed E-state index contributed by atoms with van der Waals surface area (Å²) in [6.45, 7) is 2.96. The summed E-state index contributed by atoms with van der Waals surface area (Å²) in [5, 5.41) is 3.53. The number of benzene rings is 3. The minimum absolute atomic E-state index is 0.402. The summed E-state index contributed by atoms with van der Waals surface area (Å²) in [6, 6.07) is 19.6. The standard InChI is InChI=1S/C25H27N3O3S/c1-17-9-10-22(15-21(17)14-18-5-3-6-19(13-18)25(26)29)27-24-8-4-7-20-16-28(32(2,30)31)12-11-23(20)24/h3-10,13,15,27H,11-12,14,16H2,1-2H3,(H2,26,29). The fourth-order valence-electron chi connectivity index (χ4n) is 4.13. The van der Waals surface area contributed by atoms with Crippen molar-refractivity contribution in [1.29, 1.82) is 0 Å². The third kappa shape index (κ3) is 4.84. The third-order valence-corrected chi connectivity index (χ3v) is 7.18. The number of carbonyl (C=O) groups is 1. The highest BCUT2D eigenvalue weighted by Gasteiger charge is 2.24. The van der Waals surface area contributed by atoms with Gasteiger partial charge in [0.05, 0.1) is 6.26 Å². The number of primary amides is 1. The molecule has 0 aliphatic carbocycles. The lowest BCUT2D eigenvalue weighted by Gasteiger charge is -2.28. The Morgan fingerprint density at radius 1 is 1.09 bits per heavy atom. The molecule has 0 atom stereocenters. The van der Waals surface area contributed by atoms with Crippen LogP contribution in [0, 0.1) is 6.92 Å². The first-order chi connectivity index (χ1) is 15.2. The third-order valence-electron chi connectivity index (χ3n) is 5.93. The molecular formula is C25H27N3O3S. The van der Waals surface area contributed by atoms with Gasteiger partial charge in [0, 0.05) is 30.0 Å². The van der Waals surface area contributed by atoms with Gasteiger partial charge in [0.25, 0.3) is 0 Å². The van der Waals surface area contributed by atoms with Crippen LogP contribution in [0.4, 0.5) is 11.4 Å². The molecule has 1 heterocycles.